The van der Waals surface area contributed by atoms with Crippen molar-refractivity contribution in [1.29, 1.82) is 0 Å². The zero-order valence-corrected chi connectivity index (χ0v) is 22.4. The molecule has 2 aromatic rings. The van der Waals surface area contributed by atoms with Gasteiger partial charge in [0.05, 0.1) is 0 Å². The van der Waals surface area contributed by atoms with Crippen LogP contribution in [0.1, 0.15) is 59.6 Å². The maximum absolute atomic E-state index is 13.6. The van der Waals surface area contributed by atoms with Crippen LogP contribution in [-0.2, 0) is 21.6 Å². The van der Waals surface area contributed by atoms with E-state index >= 15 is 0 Å². The third kappa shape index (κ3) is 6.83. The maximum Gasteiger partial charge on any atom is 0.410 e. The van der Waals surface area contributed by atoms with Crippen molar-refractivity contribution in [2.24, 2.45) is 0 Å². The summed E-state index contributed by atoms with van der Waals surface area (Å²) in [5.74, 6) is 0.209. The summed E-state index contributed by atoms with van der Waals surface area (Å²) in [6, 6.07) is 6.11. The van der Waals surface area contributed by atoms with Crippen LogP contribution in [-0.4, -0.2) is 62.0 Å². The zero-order chi connectivity index (χ0) is 26.0. The first-order chi connectivity index (χ1) is 16.2. The molecule has 0 bridgehead atoms. The van der Waals surface area contributed by atoms with Crippen molar-refractivity contribution >= 4 is 23.4 Å². The van der Waals surface area contributed by atoms with Crippen molar-refractivity contribution in [3.8, 4) is 0 Å². The fraction of sp³-hybridized carbons (Fsp3) is 0.560. The minimum Gasteiger partial charge on any atom is -0.598 e. The van der Waals surface area contributed by atoms with E-state index < -0.39 is 27.2 Å². The van der Waals surface area contributed by atoms with Gasteiger partial charge in [-0.2, -0.15) is 0 Å². The van der Waals surface area contributed by atoms with E-state index in [1.807, 2.05) is 53.4 Å². The summed E-state index contributed by atoms with van der Waals surface area (Å²) < 4.78 is 34.8. The van der Waals surface area contributed by atoms with E-state index in [-0.39, 0.29) is 11.9 Å². The van der Waals surface area contributed by atoms with Crippen LogP contribution in [0.2, 0.25) is 0 Å². The minimum absolute atomic E-state index is 0.318. The lowest BCUT2D eigenvalue weighted by atomic mass is 9.87. The summed E-state index contributed by atoms with van der Waals surface area (Å²) in [7, 11) is 0. The number of halogens is 1. The molecule has 1 amide bonds. The summed E-state index contributed by atoms with van der Waals surface area (Å²) in [6.07, 6.45) is 3.10. The van der Waals surface area contributed by atoms with Gasteiger partial charge in [-0.3, -0.25) is 0 Å². The summed E-state index contributed by atoms with van der Waals surface area (Å²) in [6.45, 7) is 15.3. The highest BCUT2D eigenvalue weighted by Crippen LogP contribution is 2.32. The number of hydrogen-bond donors (Lipinski definition) is 1. The number of piperazine rings is 1. The predicted octanol–water partition coefficient (Wildman–Crippen LogP) is 3.99. The van der Waals surface area contributed by atoms with Crippen molar-refractivity contribution in [1.82, 2.24) is 19.6 Å². The Balaban J connectivity index is 1.78. The Hall–Kier alpha value is -2.43. The molecule has 1 aromatic heterocycles. The molecule has 1 aliphatic heterocycles. The van der Waals surface area contributed by atoms with Crippen molar-refractivity contribution in [2.75, 3.05) is 31.1 Å². The van der Waals surface area contributed by atoms with Crippen molar-refractivity contribution < 1.29 is 18.5 Å². The Morgan fingerprint density at radius 1 is 0.971 bits per heavy atom. The first-order valence-corrected chi connectivity index (χ1v) is 12.9. The smallest absolute Gasteiger partial charge is 0.410 e. The number of anilines is 1. The molecular formula is C25H36FN5O3S. The number of hydrogen-bond acceptors (Lipinski definition) is 7. The van der Waals surface area contributed by atoms with E-state index in [2.05, 4.69) is 14.7 Å². The zero-order valence-electron chi connectivity index (χ0n) is 21.6. The van der Waals surface area contributed by atoms with Gasteiger partial charge in [0.15, 0.2) is 0 Å². The number of nitrogens with zero attached hydrogens (tertiary/aromatic N) is 4. The topological polar surface area (TPSA) is 93.7 Å². The van der Waals surface area contributed by atoms with E-state index in [1.54, 1.807) is 29.4 Å². The predicted molar refractivity (Wildman–Crippen MR) is 136 cm³/mol. The number of nitrogens with one attached hydrogen (secondary N) is 1. The molecular weight excluding hydrogens is 469 g/mol. The molecule has 0 unspecified atom stereocenters. The highest BCUT2D eigenvalue weighted by Gasteiger charge is 2.39. The van der Waals surface area contributed by atoms with Gasteiger partial charge in [-0.25, -0.2) is 19.2 Å². The Bertz CT molecular complexity index is 1000. The van der Waals surface area contributed by atoms with Gasteiger partial charge in [0.2, 0.25) is 5.95 Å². The quantitative estimate of drug-likeness (QED) is 0.614. The molecule has 35 heavy (non-hydrogen) atoms. The number of benzene rings is 1. The van der Waals surface area contributed by atoms with Gasteiger partial charge in [-0.1, -0.05) is 12.1 Å². The molecule has 1 fully saturated rings. The highest BCUT2D eigenvalue weighted by molar-refractivity contribution is 7.90. The van der Waals surface area contributed by atoms with Crippen molar-refractivity contribution in [3.63, 3.8) is 0 Å². The van der Waals surface area contributed by atoms with Gasteiger partial charge in [0.25, 0.3) is 0 Å². The third-order valence-electron chi connectivity index (χ3n) is 5.70. The Morgan fingerprint density at radius 2 is 1.51 bits per heavy atom. The third-order valence-corrected chi connectivity index (χ3v) is 7.41. The van der Waals surface area contributed by atoms with Gasteiger partial charge in [-0.15, -0.1) is 4.72 Å². The van der Waals surface area contributed by atoms with Gasteiger partial charge < -0.3 is 19.1 Å². The Labute approximate surface area is 210 Å². The fourth-order valence-corrected chi connectivity index (χ4v) is 4.48. The first-order valence-electron chi connectivity index (χ1n) is 11.7. The van der Waals surface area contributed by atoms with Crippen LogP contribution in [0.5, 0.6) is 0 Å². The Morgan fingerprint density at radius 3 is 2.00 bits per heavy atom. The molecule has 0 saturated carbocycles. The van der Waals surface area contributed by atoms with Crippen LogP contribution < -0.4 is 9.62 Å². The van der Waals surface area contributed by atoms with Crippen LogP contribution in [0.25, 0.3) is 0 Å². The monoisotopic (exact) mass is 505 g/mol. The van der Waals surface area contributed by atoms with E-state index in [0.29, 0.717) is 37.7 Å². The van der Waals surface area contributed by atoms with Crippen LogP contribution in [0.3, 0.4) is 0 Å². The molecule has 2 atom stereocenters. The number of rotatable bonds is 5. The molecule has 0 spiro atoms. The standard InChI is InChI=1S/C25H36FN5O3S/c1-23(2,3)34-22(32)31-14-12-30(13-15-31)21-27-16-19(17-28-21)25(7,29-35(33)24(4,5)6)18-8-10-20(26)11-9-18/h8-11,16-17,29H,12-15H2,1-7H3/t25-,35-/m0/s1. The molecule has 2 heterocycles. The molecule has 1 N–H and O–H groups in total. The lowest BCUT2D eigenvalue weighted by Crippen LogP contribution is -2.51. The average Bonchev–Trinajstić information content (AvgIpc) is 2.78. The molecule has 0 aliphatic carbocycles. The summed E-state index contributed by atoms with van der Waals surface area (Å²) in [4.78, 5) is 25.2. The molecule has 1 aromatic carbocycles. The number of ether oxygens (including phenoxy) is 1. The number of amides is 1. The molecule has 1 aliphatic rings. The molecule has 0 radical (unpaired) electrons. The van der Waals surface area contributed by atoms with Crippen molar-refractivity contribution in [3.05, 3.63) is 53.6 Å². The molecule has 1 saturated heterocycles. The van der Waals surface area contributed by atoms with Crippen molar-refractivity contribution in [2.45, 2.75) is 64.4 Å². The molecule has 10 heteroatoms. The number of carbonyl (C=O) groups excluding carboxylic acids is 1. The van der Waals surface area contributed by atoms with Gasteiger partial charge in [0.1, 0.15) is 21.7 Å². The second-order valence-corrected chi connectivity index (χ2v) is 12.8. The van der Waals surface area contributed by atoms with E-state index in [0.717, 1.165) is 5.56 Å². The first kappa shape index (κ1) is 27.2. The molecule has 8 nitrogen and oxygen atoms in total. The Kier molecular flexibility index (Phi) is 7.98. The van der Waals surface area contributed by atoms with E-state index in [1.165, 1.54) is 12.1 Å². The van der Waals surface area contributed by atoms with Gasteiger partial charge in [0, 0.05) is 55.5 Å². The summed E-state index contributed by atoms with van der Waals surface area (Å²) in [5, 5.41) is 0. The van der Waals surface area contributed by atoms with Crippen LogP contribution in [0.4, 0.5) is 15.1 Å². The lowest BCUT2D eigenvalue weighted by Gasteiger charge is -2.36. The average molecular weight is 506 g/mol. The molecule has 3 rings (SSSR count). The number of aromatic nitrogens is 2. The normalized spacial score (nSPS) is 17.6. The minimum atomic E-state index is -1.40. The van der Waals surface area contributed by atoms with Crippen LogP contribution >= 0.6 is 0 Å². The molecule has 192 valence electrons. The fourth-order valence-electron chi connectivity index (χ4n) is 3.56. The van der Waals surface area contributed by atoms with E-state index in [4.69, 9.17) is 4.74 Å². The summed E-state index contributed by atoms with van der Waals surface area (Å²) >= 11 is -1.40. The second-order valence-electron chi connectivity index (χ2n) is 10.8. The lowest BCUT2D eigenvalue weighted by molar-refractivity contribution is 0.0240. The van der Waals surface area contributed by atoms with E-state index in [9.17, 15) is 13.7 Å². The SMILES string of the molecule is CC(C)(C)OC(=O)N1CCN(c2ncc([C@@](C)(N[S@@+]([O-])C(C)(C)C)c3ccc(F)cc3)cn2)CC1. The second kappa shape index (κ2) is 10.3. The van der Waals surface area contributed by atoms with Crippen LogP contribution in [0.15, 0.2) is 36.7 Å². The van der Waals surface area contributed by atoms with Crippen LogP contribution in [0, 0.1) is 5.82 Å². The summed E-state index contributed by atoms with van der Waals surface area (Å²) in [5.41, 5.74) is 0.0195. The largest absolute Gasteiger partial charge is 0.598 e. The number of carbonyl (C=O) groups is 1. The van der Waals surface area contributed by atoms with Gasteiger partial charge >= 0.3 is 6.09 Å². The highest BCUT2D eigenvalue weighted by atomic mass is 32.2. The van der Waals surface area contributed by atoms with Gasteiger partial charge in [-0.05, 0) is 66.2 Å². The maximum atomic E-state index is 13.6.